The Balaban J connectivity index is 1.41. The van der Waals surface area contributed by atoms with Crippen LogP contribution in [-0.2, 0) is 12.8 Å². The predicted octanol–water partition coefficient (Wildman–Crippen LogP) is 2.57. The van der Waals surface area contributed by atoms with Crippen LogP contribution < -0.4 is 5.32 Å². The molecule has 0 saturated heterocycles. The largest absolute Gasteiger partial charge is 0.388 e. The molecule has 2 heterocycles. The predicted molar refractivity (Wildman–Crippen MR) is 88.5 cm³/mol. The molecular weight excluding hydrogens is 288 g/mol. The van der Waals surface area contributed by atoms with E-state index in [0.717, 1.165) is 48.9 Å². The molecule has 3 aliphatic rings. The molecule has 5 rings (SSSR count). The Morgan fingerprint density at radius 2 is 2.09 bits per heavy atom. The van der Waals surface area contributed by atoms with Crippen LogP contribution in [0.2, 0.25) is 0 Å². The fraction of sp³-hybridized carbons (Fsp3) is 0.667. The maximum atomic E-state index is 11.0. The van der Waals surface area contributed by atoms with Crippen molar-refractivity contribution in [3.8, 4) is 0 Å². The summed E-state index contributed by atoms with van der Waals surface area (Å²) in [4.78, 5) is 4.54. The van der Waals surface area contributed by atoms with Gasteiger partial charge in [0.25, 0.3) is 0 Å². The van der Waals surface area contributed by atoms with Gasteiger partial charge in [0, 0.05) is 24.5 Å². The van der Waals surface area contributed by atoms with Gasteiger partial charge in [-0.1, -0.05) is 12.8 Å². The number of aryl methyl sites for hydroxylation is 2. The summed E-state index contributed by atoms with van der Waals surface area (Å²) in [6, 6.07) is 0. The first-order chi connectivity index (χ1) is 11.2. The highest BCUT2D eigenvalue weighted by Gasteiger charge is 2.42. The molecule has 2 fully saturated rings. The normalized spacial score (nSPS) is 32.4. The zero-order valence-corrected chi connectivity index (χ0v) is 13.5. The number of hydrogen-bond acceptors (Lipinski definition) is 4. The van der Waals surface area contributed by atoms with Crippen LogP contribution in [0.25, 0.3) is 5.52 Å². The molecule has 0 amide bonds. The summed E-state index contributed by atoms with van der Waals surface area (Å²) in [5.41, 5.74) is 3.11. The van der Waals surface area contributed by atoms with Crippen LogP contribution in [0.15, 0.2) is 12.4 Å². The lowest BCUT2D eigenvalue weighted by atomic mass is 9.77. The first-order valence-corrected chi connectivity index (χ1v) is 9.01. The first-order valence-electron chi connectivity index (χ1n) is 9.01. The highest BCUT2D eigenvalue weighted by Crippen LogP contribution is 2.46. The van der Waals surface area contributed by atoms with Crippen molar-refractivity contribution in [2.24, 2.45) is 11.8 Å². The average molecular weight is 312 g/mol. The highest BCUT2D eigenvalue weighted by atomic mass is 16.3. The van der Waals surface area contributed by atoms with Crippen molar-refractivity contribution in [3.63, 3.8) is 0 Å². The Kier molecular flexibility index (Phi) is 2.96. The van der Waals surface area contributed by atoms with Crippen LogP contribution in [0.5, 0.6) is 0 Å². The van der Waals surface area contributed by atoms with Gasteiger partial charge in [-0.3, -0.25) is 0 Å². The molecule has 2 N–H and O–H groups in total. The number of aliphatic hydroxyl groups is 1. The van der Waals surface area contributed by atoms with Crippen molar-refractivity contribution in [2.45, 2.75) is 57.0 Å². The van der Waals surface area contributed by atoms with Gasteiger partial charge in [0.05, 0.1) is 11.3 Å². The van der Waals surface area contributed by atoms with Gasteiger partial charge in [-0.05, 0) is 50.4 Å². The zero-order chi connectivity index (χ0) is 15.4. The Morgan fingerprint density at radius 1 is 1.26 bits per heavy atom. The van der Waals surface area contributed by atoms with Crippen LogP contribution >= 0.6 is 0 Å². The Bertz CT molecular complexity index is 741. The quantitative estimate of drug-likeness (QED) is 0.914. The summed E-state index contributed by atoms with van der Waals surface area (Å²) in [5.74, 6) is 2.33. The second-order valence-corrected chi connectivity index (χ2v) is 7.88. The third-order valence-corrected chi connectivity index (χ3v) is 6.14. The topological polar surface area (TPSA) is 62.5 Å². The summed E-state index contributed by atoms with van der Waals surface area (Å²) in [5, 5.41) is 19.2. The van der Waals surface area contributed by atoms with Gasteiger partial charge in [0.2, 0.25) is 0 Å². The van der Waals surface area contributed by atoms with Gasteiger partial charge in [-0.2, -0.15) is 5.10 Å². The molecule has 2 atom stereocenters. The molecule has 122 valence electrons. The second-order valence-electron chi connectivity index (χ2n) is 7.88. The Labute approximate surface area is 136 Å². The van der Waals surface area contributed by atoms with E-state index in [1.807, 2.05) is 10.7 Å². The molecule has 2 saturated carbocycles. The molecule has 2 aromatic heterocycles. The number of anilines is 1. The van der Waals surface area contributed by atoms with Gasteiger partial charge in [-0.15, -0.1) is 0 Å². The summed E-state index contributed by atoms with van der Waals surface area (Å²) < 4.78 is 1.95. The van der Waals surface area contributed by atoms with Gasteiger partial charge >= 0.3 is 0 Å². The number of fused-ring (bicyclic) bond motifs is 5. The number of nitrogens with zero attached hydrogens (tertiary/aromatic N) is 3. The molecule has 3 aliphatic carbocycles. The molecule has 0 aromatic carbocycles. The van der Waals surface area contributed by atoms with E-state index in [1.54, 1.807) is 6.20 Å². The van der Waals surface area contributed by atoms with Crippen LogP contribution in [0.3, 0.4) is 0 Å². The minimum absolute atomic E-state index is 0.568. The van der Waals surface area contributed by atoms with Crippen molar-refractivity contribution >= 4 is 11.3 Å². The van der Waals surface area contributed by atoms with Crippen molar-refractivity contribution in [1.29, 1.82) is 0 Å². The smallest absolute Gasteiger partial charge is 0.152 e. The number of hydrogen-bond donors (Lipinski definition) is 2. The SMILES string of the molecule is OC1(CNc2nccn3nc4c(c23)CCC4)CC2CCC(C2)C1. The minimum atomic E-state index is -0.568. The summed E-state index contributed by atoms with van der Waals surface area (Å²) in [6.07, 6.45) is 12.9. The van der Waals surface area contributed by atoms with E-state index in [0.29, 0.717) is 6.54 Å². The number of aromatic nitrogens is 3. The van der Waals surface area contributed by atoms with Crippen molar-refractivity contribution in [3.05, 3.63) is 23.7 Å². The fourth-order valence-electron chi connectivity index (χ4n) is 5.23. The molecule has 0 spiro atoms. The van der Waals surface area contributed by atoms with Gasteiger partial charge < -0.3 is 10.4 Å². The third-order valence-electron chi connectivity index (χ3n) is 6.14. The lowest BCUT2D eigenvalue weighted by Crippen LogP contribution is -2.42. The zero-order valence-electron chi connectivity index (χ0n) is 13.5. The van der Waals surface area contributed by atoms with Crippen molar-refractivity contribution in [2.75, 3.05) is 11.9 Å². The fourth-order valence-corrected chi connectivity index (χ4v) is 5.23. The molecule has 0 aliphatic heterocycles. The Hall–Kier alpha value is -1.62. The minimum Gasteiger partial charge on any atom is -0.388 e. The van der Waals surface area contributed by atoms with Crippen molar-refractivity contribution < 1.29 is 5.11 Å². The third kappa shape index (κ3) is 2.24. The molecule has 5 nitrogen and oxygen atoms in total. The van der Waals surface area contributed by atoms with Crippen LogP contribution in [0.4, 0.5) is 5.82 Å². The van der Waals surface area contributed by atoms with Crippen LogP contribution in [-0.4, -0.2) is 31.9 Å². The lowest BCUT2D eigenvalue weighted by Gasteiger charge is -2.36. The molecule has 23 heavy (non-hydrogen) atoms. The summed E-state index contributed by atoms with van der Waals surface area (Å²) >= 11 is 0. The van der Waals surface area contributed by atoms with Gasteiger partial charge in [0.1, 0.15) is 5.52 Å². The number of rotatable bonds is 3. The standard InChI is InChI=1S/C18H24N4O/c23-18(9-12-4-5-13(8-12)10-18)11-20-17-16-14-2-1-3-15(14)21-22(16)7-6-19-17/h6-7,12-13,23H,1-5,8-11H2,(H,19,20). The molecule has 2 aromatic rings. The molecule has 0 radical (unpaired) electrons. The first kappa shape index (κ1) is 13.8. The van der Waals surface area contributed by atoms with E-state index >= 15 is 0 Å². The average Bonchev–Trinajstić information content (AvgIpc) is 3.19. The monoisotopic (exact) mass is 312 g/mol. The molecular formula is C18H24N4O. The molecule has 2 unspecified atom stereocenters. The summed E-state index contributed by atoms with van der Waals surface area (Å²) in [7, 11) is 0. The molecule has 2 bridgehead atoms. The summed E-state index contributed by atoms with van der Waals surface area (Å²) in [6.45, 7) is 0.604. The Morgan fingerprint density at radius 3 is 2.91 bits per heavy atom. The number of nitrogens with one attached hydrogen (secondary N) is 1. The highest BCUT2D eigenvalue weighted by molar-refractivity contribution is 5.73. The second kappa shape index (κ2) is 4.94. The van der Waals surface area contributed by atoms with E-state index in [1.165, 1.54) is 36.9 Å². The maximum absolute atomic E-state index is 11.0. The van der Waals surface area contributed by atoms with Crippen LogP contribution in [0, 0.1) is 11.8 Å². The lowest BCUT2D eigenvalue weighted by molar-refractivity contribution is -0.00852. The van der Waals surface area contributed by atoms with E-state index in [2.05, 4.69) is 15.4 Å². The van der Waals surface area contributed by atoms with E-state index in [9.17, 15) is 5.11 Å². The van der Waals surface area contributed by atoms with E-state index in [4.69, 9.17) is 0 Å². The van der Waals surface area contributed by atoms with Crippen LogP contribution in [0.1, 0.15) is 49.8 Å². The molecule has 5 heteroatoms. The maximum Gasteiger partial charge on any atom is 0.152 e. The van der Waals surface area contributed by atoms with Crippen molar-refractivity contribution in [1.82, 2.24) is 14.6 Å². The van der Waals surface area contributed by atoms with Gasteiger partial charge in [-0.25, -0.2) is 9.50 Å². The van der Waals surface area contributed by atoms with E-state index in [-0.39, 0.29) is 0 Å². The van der Waals surface area contributed by atoms with E-state index < -0.39 is 5.60 Å². The van der Waals surface area contributed by atoms with Gasteiger partial charge in [0.15, 0.2) is 5.82 Å².